The zero-order valence-corrected chi connectivity index (χ0v) is 17.4. The number of aromatic nitrogens is 2. The standard InChI is InChI=1S/C12H12N2.2C2H5O5P/c1(11-3-7-13-8-4-11)2-12-5-9-14-10-6-12;2*3-2(4)1-8(5,6)7/h3-10H,1-2H2;2*1H2,(H,3,4)(H2,5,6,7). The molecule has 2 aromatic rings. The van der Waals surface area contributed by atoms with Crippen molar-refractivity contribution in [1.82, 2.24) is 0 Å². The van der Waals surface area contributed by atoms with Crippen LogP contribution in [0.15, 0.2) is 49.1 Å². The number of hydrogen-bond donors (Lipinski definition) is 4. The van der Waals surface area contributed by atoms with Gasteiger partial charge in [0.2, 0.25) is 0 Å². The third kappa shape index (κ3) is 18.9. The van der Waals surface area contributed by atoms with E-state index in [2.05, 4.69) is 34.2 Å². The Morgan fingerprint density at radius 1 is 0.733 bits per heavy atom. The number of pyridine rings is 2. The average Bonchev–Trinajstić information content (AvgIpc) is 2.58. The van der Waals surface area contributed by atoms with Gasteiger partial charge < -0.3 is 38.9 Å². The van der Waals surface area contributed by atoms with Gasteiger partial charge in [0.05, 0.1) is 0 Å². The summed E-state index contributed by atoms with van der Waals surface area (Å²) in [5.74, 6) is -3.10. The number of hydrogen-bond acceptors (Lipinski definition) is 6. The molecule has 0 aliphatic rings. The van der Waals surface area contributed by atoms with Crippen molar-refractivity contribution >= 4 is 27.1 Å². The molecule has 0 saturated carbocycles. The van der Waals surface area contributed by atoms with Crippen LogP contribution in [0.2, 0.25) is 0 Å². The molecule has 2 rings (SSSR count). The minimum atomic E-state index is -4.57. The first-order valence-electron chi connectivity index (χ1n) is 8.18. The Morgan fingerprint density at radius 3 is 1.17 bits per heavy atom. The molecule has 0 aliphatic heterocycles. The van der Waals surface area contributed by atoms with E-state index in [1.165, 1.54) is 11.1 Å². The predicted molar refractivity (Wildman–Crippen MR) is 98.1 cm³/mol. The van der Waals surface area contributed by atoms with Crippen molar-refractivity contribution in [3.63, 3.8) is 0 Å². The fraction of sp³-hybridized carbons (Fsp3) is 0.250. The van der Waals surface area contributed by atoms with Gasteiger partial charge in [0.25, 0.3) is 0 Å². The number of carboxylic acids is 2. The summed E-state index contributed by atoms with van der Waals surface area (Å²) in [6, 6.07) is 8.48. The zero-order chi connectivity index (χ0) is 23.2. The van der Waals surface area contributed by atoms with E-state index in [1.807, 2.05) is 24.8 Å². The molecule has 30 heavy (non-hydrogen) atoms. The zero-order valence-electron chi connectivity index (χ0n) is 15.6. The quantitative estimate of drug-likeness (QED) is 0.341. The van der Waals surface area contributed by atoms with E-state index < -0.39 is 39.5 Å². The largest absolute Gasteiger partial charge is 0.778 e. The van der Waals surface area contributed by atoms with Crippen molar-refractivity contribution in [2.45, 2.75) is 12.8 Å². The molecule has 14 heteroatoms. The lowest BCUT2D eigenvalue weighted by molar-refractivity contribution is -0.378. The molecule has 2 unspecified atom stereocenters. The molecule has 12 nitrogen and oxygen atoms in total. The Hall–Kier alpha value is -2.46. The van der Waals surface area contributed by atoms with E-state index in [-0.39, 0.29) is 0 Å². The van der Waals surface area contributed by atoms with E-state index in [1.54, 1.807) is 0 Å². The summed E-state index contributed by atoms with van der Waals surface area (Å²) >= 11 is 0. The Morgan fingerprint density at radius 2 is 1.00 bits per heavy atom. The van der Waals surface area contributed by atoms with Crippen LogP contribution in [0.3, 0.4) is 0 Å². The minimum absolute atomic E-state index is 1.10. The summed E-state index contributed by atoms with van der Waals surface area (Å²) in [7, 11) is -9.14. The van der Waals surface area contributed by atoms with Crippen LogP contribution in [0.1, 0.15) is 11.1 Å². The van der Waals surface area contributed by atoms with Crippen LogP contribution in [0.25, 0.3) is 0 Å². The number of aromatic amines is 2. The van der Waals surface area contributed by atoms with Crippen LogP contribution in [0.5, 0.6) is 0 Å². The van der Waals surface area contributed by atoms with Crippen molar-refractivity contribution in [1.29, 1.82) is 0 Å². The van der Waals surface area contributed by atoms with Crippen LogP contribution in [-0.4, -0.2) is 44.3 Å². The van der Waals surface area contributed by atoms with Crippen molar-refractivity contribution < 1.29 is 58.5 Å². The van der Waals surface area contributed by atoms with Gasteiger partial charge >= 0.3 is 11.9 Å². The summed E-state index contributed by atoms with van der Waals surface area (Å²) in [4.78, 5) is 59.9. The summed E-state index contributed by atoms with van der Waals surface area (Å²) in [6.07, 6.45) is 7.65. The van der Waals surface area contributed by atoms with Gasteiger partial charge in [-0.2, -0.15) is 0 Å². The lowest BCUT2D eigenvalue weighted by atomic mass is 10.1. The van der Waals surface area contributed by atoms with Crippen molar-refractivity contribution in [2.24, 2.45) is 0 Å². The van der Waals surface area contributed by atoms with Crippen molar-refractivity contribution in [3.8, 4) is 0 Å². The minimum Gasteiger partial charge on any atom is -0.778 e. The summed E-state index contributed by atoms with van der Waals surface area (Å²) in [6.45, 7) is 0. The first-order valence-corrected chi connectivity index (χ1v) is 11.7. The molecule has 0 spiro atoms. The fourth-order valence-corrected chi connectivity index (χ4v) is 2.49. The van der Waals surface area contributed by atoms with E-state index in [4.69, 9.17) is 20.0 Å². The second-order valence-electron chi connectivity index (χ2n) is 5.70. The van der Waals surface area contributed by atoms with E-state index in [9.17, 15) is 28.5 Å². The summed E-state index contributed by atoms with van der Waals surface area (Å²) in [5.41, 5.74) is 2.74. The van der Waals surface area contributed by atoms with Gasteiger partial charge in [0.15, 0.2) is 24.8 Å². The van der Waals surface area contributed by atoms with Crippen molar-refractivity contribution in [3.05, 3.63) is 60.2 Å². The van der Waals surface area contributed by atoms with Gasteiger partial charge in [-0.1, -0.05) is 0 Å². The summed E-state index contributed by atoms with van der Waals surface area (Å²) in [5, 5.41) is 15.4. The molecular formula is C16H22N2O10P2. The molecule has 2 aromatic heterocycles. The Kier molecular flexibility index (Phi) is 12.6. The predicted octanol–water partition coefficient (Wildman–Crippen LogP) is -1.67. The lowest BCUT2D eigenvalue weighted by Gasteiger charge is -2.10. The number of carboxylic acid groups (broad SMARTS) is 2. The SMILES string of the molecule is O=C(O)CP(=O)([O-])O.O=C(O)CP(=O)([O-])O.c1cc(CCc2cc[nH+]cc2)cc[nH+]1. The first kappa shape index (κ1) is 27.5. The van der Waals surface area contributed by atoms with Crippen molar-refractivity contribution in [2.75, 3.05) is 12.3 Å². The van der Waals surface area contributed by atoms with Gasteiger partial charge in [-0.05, 0) is 24.0 Å². The molecule has 0 saturated heterocycles. The number of nitrogens with one attached hydrogen (secondary N) is 2. The van der Waals surface area contributed by atoms with E-state index in [0.717, 1.165) is 12.8 Å². The van der Waals surface area contributed by atoms with E-state index >= 15 is 0 Å². The average molecular weight is 464 g/mol. The number of H-pyrrole nitrogens is 2. The molecule has 166 valence electrons. The summed E-state index contributed by atoms with van der Waals surface area (Å²) < 4.78 is 19.3. The molecule has 0 amide bonds. The highest BCUT2D eigenvalue weighted by molar-refractivity contribution is 7.51. The second-order valence-corrected chi connectivity index (χ2v) is 8.88. The highest BCUT2D eigenvalue weighted by atomic mass is 31.2. The molecular weight excluding hydrogens is 442 g/mol. The highest BCUT2D eigenvalue weighted by Gasteiger charge is 2.07. The van der Waals surface area contributed by atoms with Crippen LogP contribution in [-0.2, 0) is 31.6 Å². The number of carbonyl (C=O) groups is 2. The maximum Gasteiger partial charge on any atom is 0.311 e. The lowest BCUT2D eigenvalue weighted by Crippen LogP contribution is -2.11. The number of rotatable bonds is 7. The molecule has 2 heterocycles. The van der Waals surface area contributed by atoms with Gasteiger partial charge in [0, 0.05) is 24.3 Å². The third-order valence-electron chi connectivity index (χ3n) is 2.95. The maximum atomic E-state index is 9.64. The van der Waals surface area contributed by atoms with Gasteiger partial charge in [0.1, 0.15) is 27.5 Å². The molecule has 0 aromatic carbocycles. The molecule has 0 bridgehead atoms. The monoisotopic (exact) mass is 464 g/mol. The topological polar surface area (TPSA) is 224 Å². The highest BCUT2D eigenvalue weighted by Crippen LogP contribution is 2.27. The maximum absolute atomic E-state index is 9.64. The van der Waals surface area contributed by atoms with Crippen LogP contribution in [0.4, 0.5) is 0 Å². The Labute approximate surface area is 171 Å². The van der Waals surface area contributed by atoms with E-state index in [0.29, 0.717) is 0 Å². The number of aryl methyl sites for hydroxylation is 2. The first-order chi connectivity index (χ1) is 13.8. The molecule has 2 atom stereocenters. The molecule has 6 N–H and O–H groups in total. The molecule has 0 fully saturated rings. The third-order valence-corrected chi connectivity index (χ3v) is 4.29. The van der Waals surface area contributed by atoms with Gasteiger partial charge in [-0.25, -0.2) is 9.97 Å². The fourth-order valence-electron chi connectivity index (χ4n) is 1.81. The Balaban J connectivity index is 0.000000456. The normalized spacial score (nSPS) is 13.9. The molecule has 0 aliphatic carbocycles. The molecule has 0 radical (unpaired) electrons. The van der Waals surface area contributed by atoms with Crippen LogP contribution in [0, 0.1) is 0 Å². The van der Waals surface area contributed by atoms with Crippen LogP contribution < -0.4 is 19.8 Å². The Bertz CT molecular complexity index is 795. The van der Waals surface area contributed by atoms with Crippen LogP contribution >= 0.6 is 15.2 Å². The smallest absolute Gasteiger partial charge is 0.311 e. The second kappa shape index (κ2) is 13.7. The van der Waals surface area contributed by atoms with Gasteiger partial charge in [-0.3, -0.25) is 9.59 Å². The van der Waals surface area contributed by atoms with Gasteiger partial charge in [-0.15, -0.1) is 0 Å². The number of aliphatic carboxylic acids is 2.